The number of hydrogen-bond donors (Lipinski definition) is 1. The van der Waals surface area contributed by atoms with Crippen molar-refractivity contribution in [2.75, 3.05) is 13.7 Å². The lowest BCUT2D eigenvalue weighted by Gasteiger charge is -2.50. The molecule has 1 N–H and O–H groups in total. The standard InChI is InChI=1S/C32H40O5/c1-7-8-14-35-25-17-24(32(33)19-30(2,3)18-31(4,5)20-32)28(21-12-10-9-11-13-21)23-16-27-26(15-22(23)25)36-29(34-6)37-27/h9-13,15-17,29,33H,7-8,14,18-20H2,1-6H3. The van der Waals surface area contributed by atoms with Gasteiger partial charge in [-0.3, -0.25) is 0 Å². The molecule has 3 aromatic carbocycles. The maximum Gasteiger partial charge on any atom is 0.360 e. The molecule has 0 saturated heterocycles. The van der Waals surface area contributed by atoms with Crippen LogP contribution in [0.15, 0.2) is 48.5 Å². The van der Waals surface area contributed by atoms with E-state index in [1.807, 2.05) is 30.3 Å². The van der Waals surface area contributed by atoms with Crippen molar-refractivity contribution in [1.82, 2.24) is 0 Å². The molecule has 1 unspecified atom stereocenters. The molecule has 5 nitrogen and oxygen atoms in total. The summed E-state index contributed by atoms with van der Waals surface area (Å²) in [4.78, 5) is 0. The van der Waals surface area contributed by atoms with Crippen molar-refractivity contribution in [2.45, 2.75) is 78.8 Å². The van der Waals surface area contributed by atoms with Crippen LogP contribution >= 0.6 is 0 Å². The van der Waals surface area contributed by atoms with E-state index in [9.17, 15) is 5.11 Å². The molecule has 5 heteroatoms. The Labute approximate surface area is 220 Å². The summed E-state index contributed by atoms with van der Waals surface area (Å²) in [6.07, 6.45) is 4.42. The Morgan fingerprint density at radius 2 is 1.51 bits per heavy atom. The zero-order valence-electron chi connectivity index (χ0n) is 23.0. The van der Waals surface area contributed by atoms with E-state index in [1.165, 1.54) is 0 Å². The lowest BCUT2D eigenvalue weighted by Crippen LogP contribution is -2.44. The van der Waals surface area contributed by atoms with Gasteiger partial charge in [0, 0.05) is 12.5 Å². The van der Waals surface area contributed by atoms with Crippen LogP contribution in [0.1, 0.15) is 72.3 Å². The smallest absolute Gasteiger partial charge is 0.360 e. The molecule has 0 aromatic heterocycles. The number of unbranched alkanes of at least 4 members (excludes halogenated alkanes) is 1. The fourth-order valence-corrected chi connectivity index (χ4v) is 6.89. The molecule has 5 rings (SSSR count). The minimum Gasteiger partial charge on any atom is -0.493 e. The summed E-state index contributed by atoms with van der Waals surface area (Å²) < 4.78 is 23.5. The molecule has 1 aliphatic carbocycles. The quantitative estimate of drug-likeness (QED) is 0.333. The second-order valence-electron chi connectivity index (χ2n) is 12.4. The number of ether oxygens (including phenoxy) is 4. The normalized spacial score (nSPS) is 21.2. The molecule has 37 heavy (non-hydrogen) atoms. The van der Waals surface area contributed by atoms with Gasteiger partial charge in [0.25, 0.3) is 0 Å². The molecule has 1 atom stereocenters. The number of fused-ring (bicyclic) bond motifs is 2. The van der Waals surface area contributed by atoms with E-state index in [-0.39, 0.29) is 10.8 Å². The first-order chi connectivity index (χ1) is 17.5. The highest BCUT2D eigenvalue weighted by Crippen LogP contribution is 2.57. The molecular formula is C32H40O5. The van der Waals surface area contributed by atoms with Crippen LogP contribution in [0, 0.1) is 10.8 Å². The molecular weight excluding hydrogens is 464 g/mol. The van der Waals surface area contributed by atoms with Crippen molar-refractivity contribution < 1.29 is 24.1 Å². The highest BCUT2D eigenvalue weighted by atomic mass is 16.9. The van der Waals surface area contributed by atoms with Crippen molar-refractivity contribution in [1.29, 1.82) is 0 Å². The fourth-order valence-electron chi connectivity index (χ4n) is 6.89. The van der Waals surface area contributed by atoms with Crippen molar-refractivity contribution in [3.8, 4) is 28.4 Å². The monoisotopic (exact) mass is 504 g/mol. The Kier molecular flexibility index (Phi) is 6.66. The van der Waals surface area contributed by atoms with Gasteiger partial charge in [-0.2, -0.15) is 0 Å². The number of methoxy groups -OCH3 is 1. The van der Waals surface area contributed by atoms with Gasteiger partial charge in [0.05, 0.1) is 12.2 Å². The second kappa shape index (κ2) is 9.52. The zero-order valence-corrected chi connectivity index (χ0v) is 23.0. The van der Waals surface area contributed by atoms with Gasteiger partial charge in [-0.15, -0.1) is 0 Å². The molecule has 0 radical (unpaired) electrons. The third-order valence-electron chi connectivity index (χ3n) is 7.62. The Morgan fingerprint density at radius 1 is 0.892 bits per heavy atom. The van der Waals surface area contributed by atoms with Crippen LogP contribution in [0.4, 0.5) is 0 Å². The van der Waals surface area contributed by atoms with Crippen LogP contribution in [0.2, 0.25) is 0 Å². The number of hydrogen-bond acceptors (Lipinski definition) is 5. The first-order valence-corrected chi connectivity index (χ1v) is 13.5. The van der Waals surface area contributed by atoms with E-state index in [2.05, 4.69) is 52.8 Å². The van der Waals surface area contributed by atoms with Gasteiger partial charge >= 0.3 is 6.48 Å². The topological polar surface area (TPSA) is 57.2 Å². The average molecular weight is 505 g/mol. The Morgan fingerprint density at radius 3 is 2.11 bits per heavy atom. The van der Waals surface area contributed by atoms with Crippen LogP contribution < -0.4 is 14.2 Å². The molecule has 0 bridgehead atoms. The first-order valence-electron chi connectivity index (χ1n) is 13.5. The van der Waals surface area contributed by atoms with E-state index in [0.29, 0.717) is 30.9 Å². The van der Waals surface area contributed by atoms with Gasteiger partial charge in [-0.1, -0.05) is 71.4 Å². The lowest BCUT2D eigenvalue weighted by atomic mass is 9.57. The largest absolute Gasteiger partial charge is 0.493 e. The molecule has 3 aromatic rings. The van der Waals surface area contributed by atoms with Crippen LogP contribution in [0.3, 0.4) is 0 Å². The number of benzene rings is 3. The van der Waals surface area contributed by atoms with Crippen molar-refractivity contribution in [2.24, 2.45) is 10.8 Å². The highest BCUT2D eigenvalue weighted by molar-refractivity contribution is 6.04. The van der Waals surface area contributed by atoms with Crippen molar-refractivity contribution >= 4 is 10.8 Å². The minimum absolute atomic E-state index is 0.0107. The molecule has 1 aliphatic heterocycles. The predicted octanol–water partition coefficient (Wildman–Crippen LogP) is 7.81. The van der Waals surface area contributed by atoms with E-state index < -0.39 is 12.1 Å². The fraction of sp³-hybridized carbons (Fsp3) is 0.500. The van der Waals surface area contributed by atoms with Gasteiger partial charge < -0.3 is 24.1 Å². The Bertz CT molecular complexity index is 1260. The van der Waals surface area contributed by atoms with E-state index >= 15 is 0 Å². The van der Waals surface area contributed by atoms with Gasteiger partial charge in [0.2, 0.25) is 0 Å². The third-order valence-corrected chi connectivity index (χ3v) is 7.62. The van der Waals surface area contributed by atoms with Gasteiger partial charge in [0.1, 0.15) is 5.75 Å². The average Bonchev–Trinajstić information content (AvgIpc) is 3.23. The summed E-state index contributed by atoms with van der Waals surface area (Å²) in [6.45, 7) is 11.1. The lowest BCUT2D eigenvalue weighted by molar-refractivity contribution is -0.157. The Hall–Kier alpha value is -2.76. The van der Waals surface area contributed by atoms with Crippen LogP contribution in [0.25, 0.3) is 21.9 Å². The highest BCUT2D eigenvalue weighted by Gasteiger charge is 2.48. The molecule has 2 aliphatic rings. The van der Waals surface area contributed by atoms with E-state index in [1.54, 1.807) is 7.11 Å². The summed E-state index contributed by atoms with van der Waals surface area (Å²) in [5.74, 6) is 2.02. The van der Waals surface area contributed by atoms with Crippen LogP contribution in [-0.4, -0.2) is 25.3 Å². The summed E-state index contributed by atoms with van der Waals surface area (Å²) >= 11 is 0. The van der Waals surface area contributed by atoms with E-state index in [4.69, 9.17) is 18.9 Å². The molecule has 198 valence electrons. The molecule has 1 saturated carbocycles. The third kappa shape index (κ3) is 5.04. The SMILES string of the molecule is CCCCOc1cc(C2(O)CC(C)(C)CC(C)(C)C2)c(-c2ccccc2)c2cc3c(cc12)OC(OC)O3. The Balaban J connectivity index is 1.80. The summed E-state index contributed by atoms with van der Waals surface area (Å²) in [6, 6.07) is 16.4. The van der Waals surface area contributed by atoms with Crippen molar-refractivity contribution in [3.05, 3.63) is 54.1 Å². The molecule has 1 heterocycles. The van der Waals surface area contributed by atoms with E-state index in [0.717, 1.165) is 52.5 Å². The molecule has 1 fully saturated rings. The summed E-state index contributed by atoms with van der Waals surface area (Å²) in [7, 11) is 1.56. The first kappa shape index (κ1) is 25.9. The van der Waals surface area contributed by atoms with Gasteiger partial charge in [0.15, 0.2) is 11.5 Å². The summed E-state index contributed by atoms with van der Waals surface area (Å²) in [5, 5.41) is 14.5. The maximum atomic E-state index is 12.6. The van der Waals surface area contributed by atoms with Crippen LogP contribution in [-0.2, 0) is 10.3 Å². The maximum absolute atomic E-state index is 12.6. The predicted molar refractivity (Wildman–Crippen MR) is 147 cm³/mol. The van der Waals surface area contributed by atoms with Crippen LogP contribution in [0.5, 0.6) is 17.2 Å². The number of aliphatic hydroxyl groups is 1. The molecule has 0 amide bonds. The number of rotatable bonds is 7. The van der Waals surface area contributed by atoms with Gasteiger partial charge in [-0.25, -0.2) is 0 Å². The second-order valence-corrected chi connectivity index (χ2v) is 12.4. The summed E-state index contributed by atoms with van der Waals surface area (Å²) in [5.41, 5.74) is 1.95. The minimum atomic E-state index is -1.01. The zero-order chi connectivity index (χ0) is 26.4. The molecule has 0 spiro atoms. The van der Waals surface area contributed by atoms with Gasteiger partial charge in [-0.05, 0) is 76.8 Å². The van der Waals surface area contributed by atoms with Crippen molar-refractivity contribution in [3.63, 3.8) is 0 Å².